The van der Waals surface area contributed by atoms with Gasteiger partial charge in [-0.3, -0.25) is 9.36 Å². The van der Waals surface area contributed by atoms with E-state index in [4.69, 9.17) is 0 Å². The molecule has 4 rings (SSSR count). The largest absolute Gasteiger partial charge is 0.394 e. The van der Waals surface area contributed by atoms with Gasteiger partial charge in [0.1, 0.15) is 11.5 Å². The third kappa shape index (κ3) is 3.25. The number of halogens is 1. The Morgan fingerprint density at radius 2 is 1.96 bits per heavy atom. The summed E-state index contributed by atoms with van der Waals surface area (Å²) >= 11 is 0. The molecule has 2 aromatic heterocycles. The number of aliphatic hydroxyl groups is 2. The lowest BCUT2D eigenvalue weighted by atomic mass is 10.0. The van der Waals surface area contributed by atoms with E-state index in [-0.39, 0.29) is 30.8 Å². The van der Waals surface area contributed by atoms with Gasteiger partial charge in [0.25, 0.3) is 5.56 Å². The zero-order chi connectivity index (χ0) is 19.8. The summed E-state index contributed by atoms with van der Waals surface area (Å²) in [6, 6.07) is 7.23. The fraction of sp³-hybridized carbons (Fsp3) is 0.350. The molecule has 0 amide bonds. The predicted octanol–water partition coefficient (Wildman–Crippen LogP) is 2.01. The first-order valence-corrected chi connectivity index (χ1v) is 9.20. The van der Waals surface area contributed by atoms with Crippen LogP contribution < -0.4 is 10.9 Å². The molecule has 3 aromatic rings. The number of rotatable bonds is 6. The van der Waals surface area contributed by atoms with Crippen LogP contribution in [0.5, 0.6) is 0 Å². The molecule has 1 saturated carbocycles. The van der Waals surface area contributed by atoms with Crippen molar-refractivity contribution in [2.24, 2.45) is 0 Å². The van der Waals surface area contributed by atoms with Gasteiger partial charge in [-0.05, 0) is 37.5 Å². The first kappa shape index (κ1) is 18.5. The second-order valence-corrected chi connectivity index (χ2v) is 7.05. The minimum atomic E-state index is -0.670. The van der Waals surface area contributed by atoms with Crippen LogP contribution in [0.25, 0.3) is 22.3 Å². The number of aliphatic hydroxyl groups excluding tert-OH is 2. The zero-order valence-electron chi connectivity index (χ0n) is 15.4. The maximum Gasteiger partial charge on any atom is 0.252 e. The molecular formula is C20H21FN4O3. The molecule has 0 bridgehead atoms. The highest BCUT2D eigenvalue weighted by Gasteiger charge is 2.29. The second-order valence-electron chi connectivity index (χ2n) is 7.05. The number of pyridine rings is 1. The minimum Gasteiger partial charge on any atom is -0.394 e. The van der Waals surface area contributed by atoms with Gasteiger partial charge in [0.05, 0.1) is 24.9 Å². The van der Waals surface area contributed by atoms with Crippen molar-refractivity contribution in [3.8, 4) is 11.3 Å². The molecule has 2 heterocycles. The molecule has 28 heavy (non-hydrogen) atoms. The molecule has 0 aliphatic heterocycles. The van der Waals surface area contributed by atoms with Gasteiger partial charge in [-0.25, -0.2) is 9.37 Å². The van der Waals surface area contributed by atoms with Crippen LogP contribution in [0.1, 0.15) is 24.4 Å². The van der Waals surface area contributed by atoms with Crippen LogP contribution >= 0.6 is 0 Å². The number of benzene rings is 1. The lowest BCUT2D eigenvalue weighted by molar-refractivity contribution is 0.203. The maximum atomic E-state index is 14.6. The summed E-state index contributed by atoms with van der Waals surface area (Å²) in [6.45, 7) is 1.14. The van der Waals surface area contributed by atoms with Crippen LogP contribution in [0, 0.1) is 12.7 Å². The molecule has 3 N–H and O–H groups in total. The van der Waals surface area contributed by atoms with E-state index in [1.54, 1.807) is 29.7 Å². The third-order valence-corrected chi connectivity index (χ3v) is 4.90. The van der Waals surface area contributed by atoms with Crippen LogP contribution in [0.2, 0.25) is 0 Å². The summed E-state index contributed by atoms with van der Waals surface area (Å²) in [5.74, 6) is -0.309. The fourth-order valence-electron chi connectivity index (χ4n) is 3.35. The summed E-state index contributed by atoms with van der Waals surface area (Å²) in [4.78, 5) is 21.6. The van der Waals surface area contributed by atoms with Crippen molar-refractivity contribution >= 4 is 17.0 Å². The highest BCUT2D eigenvalue weighted by atomic mass is 19.1. The van der Waals surface area contributed by atoms with Crippen molar-refractivity contribution in [3.63, 3.8) is 0 Å². The van der Waals surface area contributed by atoms with Crippen molar-refractivity contribution < 1.29 is 14.6 Å². The SMILES string of the molecule is Cc1cc(=O)n(C2CC2)c2nc(NC(CO)CO)nc(-c3ccccc3F)c12. The van der Waals surface area contributed by atoms with Crippen molar-refractivity contribution in [3.05, 3.63) is 52.1 Å². The van der Waals surface area contributed by atoms with E-state index in [0.29, 0.717) is 27.9 Å². The van der Waals surface area contributed by atoms with Crippen molar-refractivity contribution in [1.29, 1.82) is 0 Å². The summed E-state index contributed by atoms with van der Waals surface area (Å²) in [5.41, 5.74) is 1.61. The van der Waals surface area contributed by atoms with E-state index >= 15 is 0 Å². The molecule has 0 spiro atoms. The average Bonchev–Trinajstić information content (AvgIpc) is 3.50. The lowest BCUT2D eigenvalue weighted by Gasteiger charge is -2.18. The average molecular weight is 384 g/mol. The Labute approximate surface area is 160 Å². The first-order valence-electron chi connectivity index (χ1n) is 9.20. The summed E-state index contributed by atoms with van der Waals surface area (Å²) in [7, 11) is 0. The van der Waals surface area contributed by atoms with Crippen LogP contribution in [-0.2, 0) is 0 Å². The molecule has 146 valence electrons. The van der Waals surface area contributed by atoms with E-state index in [1.165, 1.54) is 12.1 Å². The first-order chi connectivity index (χ1) is 13.5. The van der Waals surface area contributed by atoms with Gasteiger partial charge in [-0.2, -0.15) is 4.98 Å². The second kappa shape index (κ2) is 7.29. The van der Waals surface area contributed by atoms with Crippen molar-refractivity contribution in [2.45, 2.75) is 31.8 Å². The Morgan fingerprint density at radius 3 is 2.61 bits per heavy atom. The molecule has 7 nitrogen and oxygen atoms in total. The Morgan fingerprint density at radius 1 is 1.25 bits per heavy atom. The molecule has 0 atom stereocenters. The van der Waals surface area contributed by atoms with Gasteiger partial charge in [0.2, 0.25) is 5.95 Å². The lowest BCUT2D eigenvalue weighted by Crippen LogP contribution is -2.29. The zero-order valence-corrected chi connectivity index (χ0v) is 15.4. The van der Waals surface area contributed by atoms with E-state index in [1.807, 2.05) is 0 Å². The van der Waals surface area contributed by atoms with Gasteiger partial charge in [-0.1, -0.05) is 12.1 Å². The van der Waals surface area contributed by atoms with Crippen molar-refractivity contribution in [2.75, 3.05) is 18.5 Å². The molecule has 0 saturated heterocycles. The summed E-state index contributed by atoms with van der Waals surface area (Å²) in [5, 5.41) is 22.2. The van der Waals surface area contributed by atoms with E-state index in [2.05, 4.69) is 15.3 Å². The number of aryl methyl sites for hydroxylation is 1. The predicted molar refractivity (Wildman–Crippen MR) is 104 cm³/mol. The molecular weight excluding hydrogens is 363 g/mol. The van der Waals surface area contributed by atoms with E-state index in [0.717, 1.165) is 12.8 Å². The van der Waals surface area contributed by atoms with Gasteiger partial charge >= 0.3 is 0 Å². The standard InChI is InChI=1S/C20H21FN4O3/c1-11-8-16(28)25(13-6-7-13)19-17(11)18(14-4-2-3-5-15(14)21)23-20(24-19)22-12(9-26)10-27/h2-5,8,12-13,26-27H,6-7,9-10H2,1H3,(H,22,23,24). The molecule has 1 fully saturated rings. The number of anilines is 1. The number of aromatic nitrogens is 3. The Kier molecular flexibility index (Phi) is 4.82. The quantitative estimate of drug-likeness (QED) is 0.601. The van der Waals surface area contributed by atoms with Crippen molar-refractivity contribution in [1.82, 2.24) is 14.5 Å². The maximum absolute atomic E-state index is 14.6. The molecule has 0 unspecified atom stereocenters. The van der Waals surface area contributed by atoms with Gasteiger partial charge in [0, 0.05) is 23.1 Å². The normalized spacial score (nSPS) is 14.0. The van der Waals surface area contributed by atoms with E-state index < -0.39 is 11.9 Å². The number of nitrogens with one attached hydrogen (secondary N) is 1. The molecule has 1 aliphatic carbocycles. The number of fused-ring (bicyclic) bond motifs is 1. The van der Waals surface area contributed by atoms with Gasteiger partial charge in [0.15, 0.2) is 0 Å². The molecule has 1 aromatic carbocycles. The summed E-state index contributed by atoms with van der Waals surface area (Å²) in [6.07, 6.45) is 1.77. The number of hydrogen-bond donors (Lipinski definition) is 3. The molecule has 0 radical (unpaired) electrons. The highest BCUT2D eigenvalue weighted by Crippen LogP contribution is 2.38. The van der Waals surface area contributed by atoms with Gasteiger partial charge < -0.3 is 15.5 Å². The number of hydrogen-bond acceptors (Lipinski definition) is 6. The van der Waals surface area contributed by atoms with Gasteiger partial charge in [-0.15, -0.1) is 0 Å². The molecule has 8 heteroatoms. The number of nitrogens with zero attached hydrogens (tertiary/aromatic N) is 3. The fourth-order valence-corrected chi connectivity index (χ4v) is 3.35. The molecule has 1 aliphatic rings. The minimum absolute atomic E-state index is 0.0679. The Hall–Kier alpha value is -2.84. The van der Waals surface area contributed by atoms with Crippen LogP contribution in [0.3, 0.4) is 0 Å². The Bertz CT molecular complexity index is 1090. The highest BCUT2D eigenvalue weighted by molar-refractivity contribution is 5.94. The van der Waals surface area contributed by atoms with Crippen LogP contribution in [-0.4, -0.2) is 44.0 Å². The van der Waals surface area contributed by atoms with Crippen LogP contribution in [0.4, 0.5) is 10.3 Å². The monoisotopic (exact) mass is 384 g/mol. The summed E-state index contributed by atoms with van der Waals surface area (Å²) < 4.78 is 16.2. The van der Waals surface area contributed by atoms with Crippen LogP contribution in [0.15, 0.2) is 35.1 Å². The Balaban J connectivity index is 2.04. The topological polar surface area (TPSA) is 100 Å². The van der Waals surface area contributed by atoms with E-state index in [9.17, 15) is 19.4 Å². The smallest absolute Gasteiger partial charge is 0.252 e. The third-order valence-electron chi connectivity index (χ3n) is 4.90.